The van der Waals surface area contributed by atoms with E-state index in [-0.39, 0.29) is 11.0 Å². The lowest BCUT2D eigenvalue weighted by molar-refractivity contribution is 0.103. The SMILES string of the molecule is Cc1cc(C(=O)c2ccoc2Cl)ccc1N. The molecular formula is C12H10ClNO2. The van der Waals surface area contributed by atoms with Gasteiger partial charge in [0.15, 0.2) is 5.78 Å². The zero-order chi connectivity index (χ0) is 11.7. The molecule has 0 aliphatic heterocycles. The average Bonchev–Trinajstić information content (AvgIpc) is 2.67. The second kappa shape index (κ2) is 4.02. The van der Waals surface area contributed by atoms with Gasteiger partial charge in [-0.05, 0) is 48.4 Å². The molecule has 2 aromatic rings. The topological polar surface area (TPSA) is 56.2 Å². The van der Waals surface area contributed by atoms with Crippen LogP contribution in [-0.2, 0) is 0 Å². The quantitative estimate of drug-likeness (QED) is 0.643. The van der Waals surface area contributed by atoms with Crippen molar-refractivity contribution in [3.05, 3.63) is 52.4 Å². The molecule has 4 heteroatoms. The summed E-state index contributed by atoms with van der Waals surface area (Å²) in [6.07, 6.45) is 1.39. The molecule has 82 valence electrons. The fourth-order valence-electron chi connectivity index (χ4n) is 1.43. The lowest BCUT2D eigenvalue weighted by Gasteiger charge is -2.03. The number of nitrogens with two attached hydrogens (primary N) is 1. The molecule has 0 saturated carbocycles. The Morgan fingerprint density at radius 1 is 1.38 bits per heavy atom. The second-order valence-corrected chi connectivity index (χ2v) is 3.85. The Hall–Kier alpha value is -1.74. The fraction of sp³-hybridized carbons (Fsp3) is 0.0833. The summed E-state index contributed by atoms with van der Waals surface area (Å²) < 4.78 is 4.88. The maximum atomic E-state index is 12.0. The molecule has 16 heavy (non-hydrogen) atoms. The van der Waals surface area contributed by atoms with Gasteiger partial charge in [0.1, 0.15) is 0 Å². The largest absolute Gasteiger partial charge is 0.452 e. The third-order valence-electron chi connectivity index (χ3n) is 2.39. The molecule has 0 amide bonds. The van der Waals surface area contributed by atoms with Gasteiger partial charge < -0.3 is 10.2 Å². The van der Waals surface area contributed by atoms with Gasteiger partial charge in [0, 0.05) is 11.3 Å². The Morgan fingerprint density at radius 2 is 2.12 bits per heavy atom. The molecule has 0 aliphatic carbocycles. The minimum Gasteiger partial charge on any atom is -0.452 e. The Bertz CT molecular complexity index is 546. The molecule has 0 atom stereocenters. The van der Waals surface area contributed by atoms with Crippen LogP contribution in [0.4, 0.5) is 5.69 Å². The monoisotopic (exact) mass is 235 g/mol. The van der Waals surface area contributed by atoms with Crippen molar-refractivity contribution in [2.45, 2.75) is 6.92 Å². The van der Waals surface area contributed by atoms with Crippen LogP contribution in [0.1, 0.15) is 21.5 Å². The number of hydrogen-bond donors (Lipinski definition) is 1. The first kappa shape index (κ1) is 10.8. The normalized spacial score (nSPS) is 10.4. The number of rotatable bonds is 2. The van der Waals surface area contributed by atoms with Crippen LogP contribution in [0.5, 0.6) is 0 Å². The molecule has 1 heterocycles. The summed E-state index contributed by atoms with van der Waals surface area (Å²) in [7, 11) is 0. The first-order chi connectivity index (χ1) is 7.59. The maximum absolute atomic E-state index is 12.0. The summed E-state index contributed by atoms with van der Waals surface area (Å²) in [6.45, 7) is 1.85. The van der Waals surface area contributed by atoms with Crippen molar-refractivity contribution in [1.82, 2.24) is 0 Å². The van der Waals surface area contributed by atoms with Crippen LogP contribution < -0.4 is 5.73 Å². The van der Waals surface area contributed by atoms with E-state index < -0.39 is 0 Å². The molecular weight excluding hydrogens is 226 g/mol. The number of anilines is 1. The standard InChI is InChI=1S/C12H10ClNO2/c1-7-6-8(2-3-10(7)14)11(15)9-4-5-16-12(9)13/h2-6H,14H2,1H3. The van der Waals surface area contributed by atoms with Crippen LogP contribution in [-0.4, -0.2) is 5.78 Å². The van der Waals surface area contributed by atoms with E-state index in [1.54, 1.807) is 24.3 Å². The predicted molar refractivity (Wildman–Crippen MR) is 62.7 cm³/mol. The lowest BCUT2D eigenvalue weighted by atomic mass is 10.0. The molecule has 0 aliphatic rings. The minimum atomic E-state index is -0.165. The highest BCUT2D eigenvalue weighted by Crippen LogP contribution is 2.22. The molecule has 0 unspecified atom stereocenters. The van der Waals surface area contributed by atoms with Crippen LogP contribution in [0.25, 0.3) is 0 Å². The molecule has 0 bridgehead atoms. The van der Waals surface area contributed by atoms with Crippen LogP contribution >= 0.6 is 11.6 Å². The summed E-state index contributed by atoms with van der Waals surface area (Å²) in [5.74, 6) is -0.165. The third kappa shape index (κ3) is 1.82. The number of hydrogen-bond acceptors (Lipinski definition) is 3. The molecule has 3 nitrogen and oxygen atoms in total. The van der Waals surface area contributed by atoms with E-state index in [4.69, 9.17) is 21.8 Å². The van der Waals surface area contributed by atoms with Gasteiger partial charge in [-0.3, -0.25) is 4.79 Å². The van der Waals surface area contributed by atoms with Gasteiger partial charge in [-0.15, -0.1) is 0 Å². The molecule has 0 radical (unpaired) electrons. The zero-order valence-corrected chi connectivity index (χ0v) is 9.41. The summed E-state index contributed by atoms with van der Waals surface area (Å²) in [5, 5.41) is 0.111. The number of nitrogen functional groups attached to an aromatic ring is 1. The van der Waals surface area contributed by atoms with Crippen molar-refractivity contribution in [2.75, 3.05) is 5.73 Å². The Kier molecular flexibility index (Phi) is 2.71. The van der Waals surface area contributed by atoms with E-state index in [9.17, 15) is 4.79 Å². The number of halogens is 1. The van der Waals surface area contributed by atoms with Crippen molar-refractivity contribution in [1.29, 1.82) is 0 Å². The predicted octanol–water partition coefficient (Wildman–Crippen LogP) is 3.05. The van der Waals surface area contributed by atoms with Crippen LogP contribution in [0.2, 0.25) is 5.22 Å². The number of carbonyl (C=O) groups is 1. The minimum absolute atomic E-state index is 0.111. The molecule has 1 aromatic heterocycles. The van der Waals surface area contributed by atoms with Gasteiger partial charge in [-0.2, -0.15) is 0 Å². The number of furan rings is 1. The van der Waals surface area contributed by atoms with E-state index >= 15 is 0 Å². The summed E-state index contributed by atoms with van der Waals surface area (Å²) >= 11 is 5.74. The fourth-order valence-corrected chi connectivity index (χ4v) is 1.63. The summed E-state index contributed by atoms with van der Waals surface area (Å²) in [5.41, 5.74) is 8.13. The summed E-state index contributed by atoms with van der Waals surface area (Å²) in [6, 6.07) is 6.67. The van der Waals surface area contributed by atoms with Crippen molar-refractivity contribution in [2.24, 2.45) is 0 Å². The highest BCUT2D eigenvalue weighted by molar-refractivity contribution is 6.33. The first-order valence-electron chi connectivity index (χ1n) is 4.73. The van der Waals surface area contributed by atoms with E-state index in [1.807, 2.05) is 6.92 Å². The Labute approximate surface area is 97.8 Å². The second-order valence-electron chi connectivity index (χ2n) is 3.51. The lowest BCUT2D eigenvalue weighted by Crippen LogP contribution is -2.02. The van der Waals surface area contributed by atoms with E-state index in [2.05, 4.69) is 0 Å². The van der Waals surface area contributed by atoms with E-state index in [0.717, 1.165) is 5.56 Å². The highest BCUT2D eigenvalue weighted by Gasteiger charge is 2.15. The van der Waals surface area contributed by atoms with Crippen LogP contribution in [0, 0.1) is 6.92 Å². The molecule has 0 saturated heterocycles. The van der Waals surface area contributed by atoms with E-state index in [0.29, 0.717) is 16.8 Å². The van der Waals surface area contributed by atoms with Gasteiger partial charge >= 0.3 is 0 Å². The Morgan fingerprint density at radius 3 is 2.69 bits per heavy atom. The van der Waals surface area contributed by atoms with Gasteiger partial charge in [0.05, 0.1) is 11.8 Å². The van der Waals surface area contributed by atoms with Gasteiger partial charge in [-0.1, -0.05) is 0 Å². The maximum Gasteiger partial charge on any atom is 0.204 e. The van der Waals surface area contributed by atoms with Crippen molar-refractivity contribution < 1.29 is 9.21 Å². The molecule has 1 aromatic carbocycles. The smallest absolute Gasteiger partial charge is 0.204 e. The molecule has 0 spiro atoms. The average molecular weight is 236 g/mol. The molecule has 0 fully saturated rings. The number of aryl methyl sites for hydroxylation is 1. The van der Waals surface area contributed by atoms with Crippen molar-refractivity contribution in [3.63, 3.8) is 0 Å². The van der Waals surface area contributed by atoms with Crippen LogP contribution in [0.3, 0.4) is 0 Å². The number of benzene rings is 1. The van der Waals surface area contributed by atoms with Crippen molar-refractivity contribution in [3.8, 4) is 0 Å². The Balaban J connectivity index is 2.42. The first-order valence-corrected chi connectivity index (χ1v) is 5.11. The van der Waals surface area contributed by atoms with E-state index in [1.165, 1.54) is 6.26 Å². The number of ketones is 1. The third-order valence-corrected chi connectivity index (χ3v) is 2.69. The summed E-state index contributed by atoms with van der Waals surface area (Å²) in [4.78, 5) is 12.0. The molecule has 2 N–H and O–H groups in total. The van der Waals surface area contributed by atoms with Gasteiger partial charge in [-0.25, -0.2) is 0 Å². The van der Waals surface area contributed by atoms with Crippen LogP contribution in [0.15, 0.2) is 34.9 Å². The highest BCUT2D eigenvalue weighted by atomic mass is 35.5. The zero-order valence-electron chi connectivity index (χ0n) is 8.66. The molecule has 2 rings (SSSR count). The van der Waals surface area contributed by atoms with Gasteiger partial charge in [0.25, 0.3) is 0 Å². The van der Waals surface area contributed by atoms with Gasteiger partial charge in [0.2, 0.25) is 5.22 Å². The van der Waals surface area contributed by atoms with Crippen molar-refractivity contribution >= 4 is 23.1 Å². The number of carbonyl (C=O) groups excluding carboxylic acids is 1.